The third kappa shape index (κ3) is 8.68. The largest absolute Gasteiger partial charge is 0.895 e. The van der Waals surface area contributed by atoms with Gasteiger partial charge in [0.2, 0.25) is 0 Å². The first-order valence-electron chi connectivity index (χ1n) is 6.94. The summed E-state index contributed by atoms with van der Waals surface area (Å²) in [6, 6.07) is 0. The van der Waals surface area contributed by atoms with Crippen molar-refractivity contribution in [3.05, 3.63) is 0 Å². The second-order valence-electron chi connectivity index (χ2n) is 6.98. The van der Waals surface area contributed by atoms with E-state index < -0.39 is 23.5 Å². The highest BCUT2D eigenvalue weighted by atomic mass is 28.4. The van der Waals surface area contributed by atoms with Crippen molar-refractivity contribution >= 4 is 23.5 Å². The Hall–Kier alpha value is 0.629. The average Bonchev–Trinajstić information content (AvgIpc) is 2.13. The minimum absolute atomic E-state index is 0.166. The van der Waals surface area contributed by atoms with E-state index in [4.69, 9.17) is 11.1 Å². The zero-order valence-electron chi connectivity index (χ0n) is 13.7. The summed E-state index contributed by atoms with van der Waals surface area (Å²) in [5, 5.41) is 0. The van der Waals surface area contributed by atoms with Gasteiger partial charge in [-0.3, -0.25) is 0 Å². The first-order chi connectivity index (χ1) is 7.91. The smallest absolute Gasteiger partial charge is 0.499 e. The zero-order valence-corrected chi connectivity index (χ0v) is 15.9. The highest BCUT2D eigenvalue weighted by Gasteiger charge is 2.43. The molecule has 0 radical (unpaired) electrons. The van der Waals surface area contributed by atoms with Crippen molar-refractivity contribution in [3.63, 3.8) is 0 Å². The molecule has 0 saturated carbocycles. The van der Waals surface area contributed by atoms with Crippen molar-refractivity contribution < 1.29 is 11.1 Å². The number of rotatable bonds is 8. The molecule has 0 spiro atoms. The second kappa shape index (κ2) is 6.87. The van der Waals surface area contributed by atoms with E-state index in [2.05, 4.69) is 61.2 Å². The van der Waals surface area contributed by atoms with Crippen LogP contribution in [0.4, 0.5) is 0 Å². The van der Waals surface area contributed by atoms with E-state index >= 15 is 0 Å². The van der Waals surface area contributed by atoms with Gasteiger partial charge in [0.25, 0.3) is 0 Å². The van der Waals surface area contributed by atoms with Crippen LogP contribution in [0.25, 0.3) is 0 Å². The molecule has 108 valence electrons. The first-order valence-corrected chi connectivity index (χ1v) is 11.8. The Morgan fingerprint density at radius 2 is 1.17 bits per heavy atom. The van der Waals surface area contributed by atoms with Crippen LogP contribution >= 0.6 is 0 Å². The molecule has 3 nitrogen and oxygen atoms in total. The fourth-order valence-electron chi connectivity index (χ4n) is 1.05. The molecule has 0 fully saturated rings. The van der Waals surface area contributed by atoms with Crippen LogP contribution in [-0.2, 0) is 11.1 Å². The van der Waals surface area contributed by atoms with Crippen LogP contribution in [0, 0.1) is 0 Å². The number of hydrogen-bond donors (Lipinski definition) is 0. The molecule has 0 atom stereocenters. The molecule has 0 aliphatic carbocycles. The molecule has 0 unspecified atom stereocenters. The molecular formula is C13H31AlO3Si. The van der Waals surface area contributed by atoms with E-state index in [0.29, 0.717) is 0 Å². The summed E-state index contributed by atoms with van der Waals surface area (Å²) in [6.45, 7) is 19.2. The Labute approximate surface area is 120 Å². The average molecular weight is 290 g/mol. The Kier molecular flexibility index (Phi) is 7.12. The first kappa shape index (κ1) is 18.6. The standard InChI is InChI=1S/2C5H11O.C3H9OSi.Al/c2*1-4-5(2,3)6;1-5(2,3)4;/h2*4H2,1-3H3;1-3H3;/q3*-1;+3. The van der Waals surface area contributed by atoms with Crippen molar-refractivity contribution in [2.75, 3.05) is 0 Å². The van der Waals surface area contributed by atoms with Gasteiger partial charge in [-0.2, -0.15) is 0 Å². The van der Waals surface area contributed by atoms with Crippen molar-refractivity contribution in [3.8, 4) is 0 Å². The van der Waals surface area contributed by atoms with Crippen LogP contribution in [0.2, 0.25) is 19.6 Å². The fraction of sp³-hybridized carbons (Fsp3) is 1.00. The van der Waals surface area contributed by atoms with E-state index in [1.165, 1.54) is 0 Å². The summed E-state index contributed by atoms with van der Waals surface area (Å²) in [5.41, 5.74) is -0.333. The highest BCUT2D eigenvalue weighted by Crippen LogP contribution is 2.23. The third-order valence-corrected chi connectivity index (χ3v) is 8.24. The zero-order chi connectivity index (χ0) is 14.6. The topological polar surface area (TPSA) is 27.7 Å². The lowest BCUT2D eigenvalue weighted by Gasteiger charge is -2.35. The van der Waals surface area contributed by atoms with Crippen LogP contribution in [0.1, 0.15) is 54.4 Å². The highest BCUT2D eigenvalue weighted by molar-refractivity contribution is 6.75. The van der Waals surface area contributed by atoms with Gasteiger partial charge in [0.05, 0.1) is 0 Å². The van der Waals surface area contributed by atoms with Crippen LogP contribution in [-0.4, -0.2) is 34.7 Å². The summed E-state index contributed by atoms with van der Waals surface area (Å²) in [5.74, 6) is 0. The van der Waals surface area contributed by atoms with Gasteiger partial charge >= 0.3 is 15.1 Å². The molecule has 5 heteroatoms. The number of hydrogen-bond acceptors (Lipinski definition) is 3. The summed E-state index contributed by atoms with van der Waals surface area (Å²) in [4.78, 5) is 0. The predicted molar refractivity (Wildman–Crippen MR) is 81.1 cm³/mol. The molecule has 0 aromatic carbocycles. The minimum Gasteiger partial charge on any atom is -0.499 e. The monoisotopic (exact) mass is 290 g/mol. The molecule has 0 amide bonds. The van der Waals surface area contributed by atoms with E-state index in [9.17, 15) is 0 Å². The van der Waals surface area contributed by atoms with Gasteiger partial charge in [-0.1, -0.05) is 13.8 Å². The molecule has 0 aromatic rings. The maximum atomic E-state index is 6.15. The van der Waals surface area contributed by atoms with Gasteiger partial charge in [-0.25, -0.2) is 0 Å². The lowest BCUT2D eigenvalue weighted by molar-refractivity contribution is -0.0163. The molecular weight excluding hydrogens is 259 g/mol. The van der Waals surface area contributed by atoms with Crippen LogP contribution in [0.3, 0.4) is 0 Å². The molecule has 0 N–H and O–H groups in total. The Bertz CT molecular complexity index is 231. The second-order valence-corrected chi connectivity index (χ2v) is 13.2. The minimum atomic E-state index is -2.08. The quantitative estimate of drug-likeness (QED) is 0.626. The van der Waals surface area contributed by atoms with Gasteiger partial charge in [0.1, 0.15) is 0 Å². The fourth-order valence-corrected chi connectivity index (χ4v) is 5.17. The molecule has 0 saturated heterocycles. The van der Waals surface area contributed by atoms with Gasteiger partial charge in [0.15, 0.2) is 8.32 Å². The van der Waals surface area contributed by atoms with Crippen molar-refractivity contribution in [1.29, 1.82) is 0 Å². The van der Waals surface area contributed by atoms with Crippen LogP contribution in [0.5, 0.6) is 0 Å². The maximum Gasteiger partial charge on any atom is 0.895 e. The van der Waals surface area contributed by atoms with Crippen LogP contribution < -0.4 is 0 Å². The molecule has 0 aliphatic rings. The molecule has 0 rings (SSSR count). The molecule has 0 bridgehead atoms. The third-order valence-electron chi connectivity index (χ3n) is 2.98. The van der Waals surface area contributed by atoms with E-state index in [0.717, 1.165) is 12.8 Å². The van der Waals surface area contributed by atoms with Crippen molar-refractivity contribution in [2.45, 2.75) is 85.2 Å². The summed E-state index contributed by atoms with van der Waals surface area (Å²) >= 11 is -2.08. The van der Waals surface area contributed by atoms with Crippen molar-refractivity contribution in [2.24, 2.45) is 0 Å². The van der Waals surface area contributed by atoms with E-state index in [-0.39, 0.29) is 11.2 Å². The lowest BCUT2D eigenvalue weighted by Crippen LogP contribution is -2.47. The van der Waals surface area contributed by atoms with E-state index in [1.54, 1.807) is 0 Å². The Morgan fingerprint density at radius 1 is 0.833 bits per heavy atom. The molecule has 0 heterocycles. The molecule has 18 heavy (non-hydrogen) atoms. The summed E-state index contributed by atoms with van der Waals surface area (Å²) in [7, 11) is -1.63. The van der Waals surface area contributed by atoms with Gasteiger partial charge < -0.3 is 11.1 Å². The maximum absolute atomic E-state index is 6.15. The van der Waals surface area contributed by atoms with Crippen LogP contribution in [0.15, 0.2) is 0 Å². The summed E-state index contributed by atoms with van der Waals surface area (Å²) in [6.07, 6.45) is 1.92. The normalized spacial score (nSPS) is 13.8. The van der Waals surface area contributed by atoms with E-state index in [1.807, 2.05) is 0 Å². The summed E-state index contributed by atoms with van der Waals surface area (Å²) < 4.78 is 18.4. The van der Waals surface area contributed by atoms with Gasteiger partial charge in [-0.15, -0.1) is 0 Å². The predicted octanol–water partition coefficient (Wildman–Crippen LogP) is 4.23. The Balaban J connectivity index is 4.74. The molecule has 0 aromatic heterocycles. The van der Waals surface area contributed by atoms with Gasteiger partial charge in [0, 0.05) is 11.2 Å². The lowest BCUT2D eigenvalue weighted by atomic mass is 10.1. The van der Waals surface area contributed by atoms with Gasteiger partial charge in [-0.05, 0) is 60.2 Å². The van der Waals surface area contributed by atoms with Crippen molar-refractivity contribution in [1.82, 2.24) is 0 Å². The SMILES string of the molecule is CCC(C)(C)[O][Al]([O]C(C)(C)CC)[O][Si](C)(C)C. The molecule has 0 aliphatic heterocycles. The Morgan fingerprint density at radius 3 is 1.39 bits per heavy atom.